The molecule has 3 N–H and O–H groups in total. The fourth-order valence-corrected chi connectivity index (χ4v) is 1.59. The Morgan fingerprint density at radius 1 is 1.35 bits per heavy atom. The van der Waals surface area contributed by atoms with Crippen molar-refractivity contribution in [2.24, 2.45) is 5.73 Å². The summed E-state index contributed by atoms with van der Waals surface area (Å²) in [6, 6.07) is 8.07. The number of hydrogen-bond donors (Lipinski definition) is 2. The van der Waals surface area contributed by atoms with Gasteiger partial charge in [-0.3, -0.25) is 0 Å². The number of ether oxygens (including phenoxy) is 2. The number of rotatable bonds is 7. The highest BCUT2D eigenvalue weighted by Gasteiger charge is 2.11. The number of hydrogen-bond acceptors (Lipinski definition) is 4. The van der Waals surface area contributed by atoms with Gasteiger partial charge in [0.1, 0.15) is 5.75 Å². The average molecular weight is 238 g/mol. The lowest BCUT2D eigenvalue weighted by Crippen LogP contribution is -2.33. The van der Waals surface area contributed by atoms with Gasteiger partial charge in [0.25, 0.3) is 0 Å². The second-order valence-corrected chi connectivity index (χ2v) is 4.02. The summed E-state index contributed by atoms with van der Waals surface area (Å²) in [5, 5.41) is 3.38. The lowest BCUT2D eigenvalue weighted by molar-refractivity contribution is 0.114. The van der Waals surface area contributed by atoms with Crippen LogP contribution in [-0.4, -0.2) is 33.4 Å². The smallest absolute Gasteiger partial charge is 0.119 e. The second-order valence-electron chi connectivity index (χ2n) is 4.02. The molecule has 0 aromatic heterocycles. The van der Waals surface area contributed by atoms with Gasteiger partial charge in [-0.1, -0.05) is 12.1 Å². The van der Waals surface area contributed by atoms with Crippen LogP contribution in [0.3, 0.4) is 0 Å². The molecule has 0 aliphatic rings. The first-order valence-corrected chi connectivity index (χ1v) is 5.81. The number of benzene rings is 1. The van der Waals surface area contributed by atoms with E-state index in [9.17, 15) is 0 Å². The zero-order chi connectivity index (χ0) is 12.7. The fourth-order valence-electron chi connectivity index (χ4n) is 1.59. The topological polar surface area (TPSA) is 56.5 Å². The van der Waals surface area contributed by atoms with E-state index in [1.165, 1.54) is 0 Å². The highest BCUT2D eigenvalue weighted by molar-refractivity contribution is 5.30. The van der Waals surface area contributed by atoms with Crippen molar-refractivity contribution in [2.75, 3.05) is 27.3 Å². The van der Waals surface area contributed by atoms with E-state index < -0.39 is 0 Å². The molecule has 0 saturated heterocycles. The Morgan fingerprint density at radius 3 is 2.71 bits per heavy atom. The predicted molar refractivity (Wildman–Crippen MR) is 69.3 cm³/mol. The van der Waals surface area contributed by atoms with Crippen LogP contribution < -0.4 is 15.8 Å². The molecule has 17 heavy (non-hydrogen) atoms. The fraction of sp³-hybridized carbons (Fsp3) is 0.538. The minimum Gasteiger partial charge on any atom is -0.497 e. The van der Waals surface area contributed by atoms with Crippen molar-refractivity contribution in [3.63, 3.8) is 0 Å². The molecule has 0 fully saturated rings. The Balaban J connectivity index is 2.65. The first kappa shape index (κ1) is 14.0. The molecule has 0 aliphatic carbocycles. The van der Waals surface area contributed by atoms with Crippen LogP contribution in [0.15, 0.2) is 24.3 Å². The van der Waals surface area contributed by atoms with Gasteiger partial charge < -0.3 is 20.5 Å². The molecule has 0 spiro atoms. The maximum atomic E-state index is 5.78. The van der Waals surface area contributed by atoms with Gasteiger partial charge in [0.2, 0.25) is 0 Å². The Kier molecular flexibility index (Phi) is 5.97. The highest BCUT2D eigenvalue weighted by Crippen LogP contribution is 2.18. The molecule has 1 aromatic rings. The normalized spacial score (nSPS) is 14.4. The number of nitrogens with one attached hydrogen (secondary N) is 1. The minimum atomic E-state index is 0.127. The van der Waals surface area contributed by atoms with Crippen LogP contribution in [0.1, 0.15) is 18.5 Å². The maximum absolute atomic E-state index is 5.78. The molecule has 1 rings (SSSR count). The summed E-state index contributed by atoms with van der Waals surface area (Å²) in [5.74, 6) is 0.850. The maximum Gasteiger partial charge on any atom is 0.119 e. The standard InChI is InChI=1S/C13H22N2O2/c1-10(16-2)9-15-13(8-14)11-5-4-6-12(7-11)17-3/h4-7,10,13,15H,8-9,14H2,1-3H3. The first-order valence-electron chi connectivity index (χ1n) is 5.81. The van der Waals surface area contributed by atoms with Crippen molar-refractivity contribution >= 4 is 0 Å². The van der Waals surface area contributed by atoms with Crippen molar-refractivity contribution < 1.29 is 9.47 Å². The molecule has 0 aliphatic heterocycles. The van der Waals surface area contributed by atoms with Gasteiger partial charge in [-0.15, -0.1) is 0 Å². The van der Waals surface area contributed by atoms with Crippen LogP contribution in [-0.2, 0) is 4.74 Å². The molecular weight excluding hydrogens is 216 g/mol. The van der Waals surface area contributed by atoms with Gasteiger partial charge in [0.05, 0.1) is 13.2 Å². The zero-order valence-electron chi connectivity index (χ0n) is 10.8. The summed E-state index contributed by atoms with van der Waals surface area (Å²) < 4.78 is 10.4. The van der Waals surface area contributed by atoms with Crippen LogP contribution in [0.25, 0.3) is 0 Å². The SMILES string of the molecule is COc1cccc(C(CN)NCC(C)OC)c1. The van der Waals surface area contributed by atoms with E-state index in [1.807, 2.05) is 31.2 Å². The van der Waals surface area contributed by atoms with Crippen molar-refractivity contribution in [1.82, 2.24) is 5.32 Å². The molecule has 0 saturated carbocycles. The van der Waals surface area contributed by atoms with E-state index in [0.717, 1.165) is 17.9 Å². The van der Waals surface area contributed by atoms with Crippen LogP contribution in [0.5, 0.6) is 5.75 Å². The van der Waals surface area contributed by atoms with Crippen molar-refractivity contribution in [3.8, 4) is 5.75 Å². The van der Waals surface area contributed by atoms with E-state index in [1.54, 1.807) is 14.2 Å². The third-order valence-corrected chi connectivity index (χ3v) is 2.79. The molecule has 1 aromatic carbocycles. The Hall–Kier alpha value is -1.10. The van der Waals surface area contributed by atoms with Gasteiger partial charge in [-0.05, 0) is 24.6 Å². The van der Waals surface area contributed by atoms with E-state index >= 15 is 0 Å². The summed E-state index contributed by atoms with van der Waals surface area (Å²) in [7, 11) is 3.37. The number of methoxy groups -OCH3 is 2. The quantitative estimate of drug-likeness (QED) is 0.752. The van der Waals surface area contributed by atoms with Crippen molar-refractivity contribution in [3.05, 3.63) is 29.8 Å². The van der Waals surface area contributed by atoms with Gasteiger partial charge in [-0.25, -0.2) is 0 Å². The zero-order valence-corrected chi connectivity index (χ0v) is 10.8. The number of nitrogens with two attached hydrogens (primary N) is 1. The van der Waals surface area contributed by atoms with Crippen LogP contribution >= 0.6 is 0 Å². The van der Waals surface area contributed by atoms with E-state index in [0.29, 0.717) is 6.54 Å². The molecule has 4 nitrogen and oxygen atoms in total. The van der Waals surface area contributed by atoms with Crippen LogP contribution in [0, 0.1) is 0 Å². The van der Waals surface area contributed by atoms with Crippen molar-refractivity contribution in [1.29, 1.82) is 0 Å². The first-order chi connectivity index (χ1) is 8.21. The minimum absolute atomic E-state index is 0.127. The Bertz CT molecular complexity index is 331. The van der Waals surface area contributed by atoms with E-state index in [4.69, 9.17) is 15.2 Å². The summed E-state index contributed by atoms with van der Waals surface area (Å²) in [6.45, 7) is 3.34. The molecule has 2 unspecified atom stereocenters. The summed E-state index contributed by atoms with van der Waals surface area (Å²) in [5.41, 5.74) is 6.91. The molecule has 96 valence electrons. The molecule has 0 heterocycles. The van der Waals surface area contributed by atoms with Gasteiger partial charge >= 0.3 is 0 Å². The van der Waals surface area contributed by atoms with Gasteiger partial charge in [-0.2, -0.15) is 0 Å². The summed E-state index contributed by atoms with van der Waals surface area (Å²) >= 11 is 0. The lowest BCUT2D eigenvalue weighted by atomic mass is 10.1. The van der Waals surface area contributed by atoms with Crippen LogP contribution in [0.2, 0.25) is 0 Å². The molecular formula is C13H22N2O2. The monoisotopic (exact) mass is 238 g/mol. The third kappa shape index (κ3) is 4.34. The molecule has 0 radical (unpaired) electrons. The van der Waals surface area contributed by atoms with Gasteiger partial charge in [0.15, 0.2) is 0 Å². The molecule has 0 bridgehead atoms. The third-order valence-electron chi connectivity index (χ3n) is 2.79. The second kappa shape index (κ2) is 7.27. The van der Waals surface area contributed by atoms with Crippen LogP contribution in [0.4, 0.5) is 0 Å². The Labute approximate surface area is 103 Å². The van der Waals surface area contributed by atoms with E-state index in [-0.39, 0.29) is 12.1 Å². The lowest BCUT2D eigenvalue weighted by Gasteiger charge is -2.20. The summed E-state index contributed by atoms with van der Waals surface area (Å²) in [6.07, 6.45) is 0.176. The average Bonchev–Trinajstić information content (AvgIpc) is 2.39. The molecule has 4 heteroatoms. The molecule has 0 amide bonds. The van der Waals surface area contributed by atoms with Crippen molar-refractivity contribution in [2.45, 2.75) is 19.1 Å². The largest absolute Gasteiger partial charge is 0.497 e. The predicted octanol–water partition coefficient (Wildman–Crippen LogP) is 1.32. The molecule has 2 atom stereocenters. The summed E-state index contributed by atoms with van der Waals surface area (Å²) in [4.78, 5) is 0. The van der Waals surface area contributed by atoms with Gasteiger partial charge in [0, 0.05) is 26.2 Å². The van der Waals surface area contributed by atoms with E-state index in [2.05, 4.69) is 5.32 Å². The highest BCUT2D eigenvalue weighted by atomic mass is 16.5. The Morgan fingerprint density at radius 2 is 2.12 bits per heavy atom.